The summed E-state index contributed by atoms with van der Waals surface area (Å²) in [4.78, 5) is 26.1. The molecule has 0 saturated carbocycles. The summed E-state index contributed by atoms with van der Waals surface area (Å²) in [7, 11) is 0. The van der Waals surface area contributed by atoms with Crippen molar-refractivity contribution in [1.82, 2.24) is 50.0 Å². The zero-order chi connectivity index (χ0) is 26.2. The van der Waals surface area contributed by atoms with Crippen LogP contribution in [0.1, 0.15) is 16.8 Å². The van der Waals surface area contributed by atoms with Gasteiger partial charge in [-0.15, -0.1) is 0 Å². The van der Waals surface area contributed by atoms with E-state index < -0.39 is 0 Å². The van der Waals surface area contributed by atoms with Crippen LogP contribution in [-0.2, 0) is 13.1 Å². The van der Waals surface area contributed by atoms with E-state index in [1.54, 1.807) is 18.7 Å². The lowest BCUT2D eigenvalue weighted by molar-refractivity contribution is 0.691. The highest BCUT2D eigenvalue weighted by Crippen LogP contribution is 2.30. The van der Waals surface area contributed by atoms with Gasteiger partial charge in [0.2, 0.25) is 0 Å². The van der Waals surface area contributed by atoms with E-state index in [-0.39, 0.29) is 0 Å². The molecule has 0 aliphatic rings. The number of rotatable bonds is 7. The summed E-state index contributed by atoms with van der Waals surface area (Å²) in [5, 5.41) is 11.9. The fourth-order valence-corrected chi connectivity index (χ4v) is 4.71. The first-order valence-electron chi connectivity index (χ1n) is 12.6. The van der Waals surface area contributed by atoms with Gasteiger partial charge in [0.15, 0.2) is 11.5 Å². The Hall–Kier alpha value is -5.22. The van der Waals surface area contributed by atoms with E-state index >= 15 is 0 Å². The monoisotopic (exact) mass is 512 g/mol. The third kappa shape index (κ3) is 4.42. The third-order valence-corrected chi connectivity index (χ3v) is 6.64. The van der Waals surface area contributed by atoms with E-state index in [2.05, 4.69) is 64.7 Å². The van der Waals surface area contributed by atoms with Crippen molar-refractivity contribution in [3.8, 4) is 28.3 Å². The Morgan fingerprint density at radius 1 is 0.872 bits per heavy atom. The Bertz CT molecular complexity index is 1920. The zero-order valence-electron chi connectivity index (χ0n) is 21.1. The number of aromatic nitrogens is 9. The summed E-state index contributed by atoms with van der Waals surface area (Å²) in [6.07, 6.45) is 12.8. The summed E-state index contributed by atoms with van der Waals surface area (Å²) in [5.74, 6) is 0.662. The van der Waals surface area contributed by atoms with Gasteiger partial charge in [-0.1, -0.05) is 30.3 Å². The summed E-state index contributed by atoms with van der Waals surface area (Å²) in [5.41, 5.74) is 9.05. The van der Waals surface area contributed by atoms with Gasteiger partial charge in [-0.25, -0.2) is 15.0 Å². The SMILES string of the molecule is Cc1cn(-c2cncc3[nH]c(-c4[nH]nc5ncc(-c6cncc(CNCc7ccccc7)c6)cc45)nc23)cn1. The van der Waals surface area contributed by atoms with Gasteiger partial charge < -0.3 is 14.9 Å². The number of hydrogen-bond acceptors (Lipinski definition) is 7. The molecule has 7 aromatic rings. The molecule has 7 rings (SSSR count). The highest BCUT2D eigenvalue weighted by atomic mass is 15.2. The Morgan fingerprint density at radius 2 is 1.72 bits per heavy atom. The standard InChI is InChI=1S/C29H24N10/c1-18-16-39(17-34-18)25-15-32-14-24-27(25)36-29(35-24)26-23-8-22(13-33-28(23)38-37-26)21-7-20(11-31-12-21)10-30-9-19-5-3-2-4-6-19/h2-8,11-17,30H,9-10H2,1H3,(H,35,36)(H,33,37,38). The van der Waals surface area contributed by atoms with Crippen LogP contribution in [-0.4, -0.2) is 44.7 Å². The first-order chi connectivity index (χ1) is 19.2. The molecule has 39 heavy (non-hydrogen) atoms. The summed E-state index contributed by atoms with van der Waals surface area (Å²) in [6.45, 7) is 3.47. The van der Waals surface area contributed by atoms with E-state index in [0.717, 1.165) is 56.7 Å². The smallest absolute Gasteiger partial charge is 0.181 e. The maximum Gasteiger partial charge on any atom is 0.181 e. The number of fused-ring (bicyclic) bond motifs is 2. The first kappa shape index (κ1) is 22.9. The number of nitrogens with one attached hydrogen (secondary N) is 3. The fourth-order valence-electron chi connectivity index (χ4n) is 4.71. The van der Waals surface area contributed by atoms with Crippen LogP contribution in [0.25, 0.3) is 50.4 Å². The largest absolute Gasteiger partial charge is 0.335 e. The summed E-state index contributed by atoms with van der Waals surface area (Å²) in [6, 6.07) is 14.6. The van der Waals surface area contributed by atoms with Crippen molar-refractivity contribution in [1.29, 1.82) is 0 Å². The van der Waals surface area contributed by atoms with Gasteiger partial charge in [-0.2, -0.15) is 5.10 Å². The van der Waals surface area contributed by atoms with Crippen molar-refractivity contribution in [2.75, 3.05) is 0 Å². The number of benzene rings is 1. The molecule has 0 bridgehead atoms. The Labute approximate surface area is 223 Å². The Kier molecular flexibility index (Phi) is 5.64. The van der Waals surface area contributed by atoms with E-state index in [9.17, 15) is 0 Å². The van der Waals surface area contributed by atoms with Crippen LogP contribution in [0.4, 0.5) is 0 Å². The summed E-state index contributed by atoms with van der Waals surface area (Å²) < 4.78 is 1.93. The summed E-state index contributed by atoms with van der Waals surface area (Å²) >= 11 is 0. The lowest BCUT2D eigenvalue weighted by Gasteiger charge is -2.07. The van der Waals surface area contributed by atoms with Crippen LogP contribution >= 0.6 is 0 Å². The van der Waals surface area contributed by atoms with Crippen LogP contribution in [0, 0.1) is 6.92 Å². The fraction of sp³-hybridized carbons (Fsp3) is 0.103. The highest BCUT2D eigenvalue weighted by Gasteiger charge is 2.16. The minimum Gasteiger partial charge on any atom is -0.335 e. The number of imidazole rings is 2. The molecule has 0 spiro atoms. The van der Waals surface area contributed by atoms with Gasteiger partial charge in [-0.05, 0) is 30.2 Å². The van der Waals surface area contributed by atoms with Gasteiger partial charge in [0.05, 0.1) is 41.0 Å². The predicted octanol–water partition coefficient (Wildman–Crippen LogP) is 4.74. The Balaban J connectivity index is 1.20. The van der Waals surface area contributed by atoms with Gasteiger partial charge in [0.25, 0.3) is 0 Å². The van der Waals surface area contributed by atoms with E-state index in [0.29, 0.717) is 18.0 Å². The third-order valence-electron chi connectivity index (χ3n) is 6.64. The molecule has 3 N–H and O–H groups in total. The zero-order valence-corrected chi connectivity index (χ0v) is 21.1. The average molecular weight is 513 g/mol. The molecular weight excluding hydrogens is 488 g/mol. The number of pyridine rings is 3. The predicted molar refractivity (Wildman–Crippen MR) is 149 cm³/mol. The molecule has 10 nitrogen and oxygen atoms in total. The van der Waals surface area contributed by atoms with Gasteiger partial charge >= 0.3 is 0 Å². The molecule has 0 atom stereocenters. The molecular formula is C29H24N10. The molecule has 0 saturated heterocycles. The lowest BCUT2D eigenvalue weighted by Crippen LogP contribution is -2.12. The second-order valence-electron chi connectivity index (χ2n) is 9.43. The minimum atomic E-state index is 0.617. The molecule has 6 aromatic heterocycles. The van der Waals surface area contributed by atoms with E-state index in [1.807, 2.05) is 54.5 Å². The van der Waals surface area contributed by atoms with Crippen LogP contribution in [0.2, 0.25) is 0 Å². The van der Waals surface area contributed by atoms with Gasteiger partial charge in [-0.3, -0.25) is 15.1 Å². The van der Waals surface area contributed by atoms with Crippen molar-refractivity contribution in [3.05, 3.63) is 103 Å². The van der Waals surface area contributed by atoms with Crippen LogP contribution in [0.5, 0.6) is 0 Å². The van der Waals surface area contributed by atoms with Crippen molar-refractivity contribution in [2.45, 2.75) is 20.0 Å². The highest BCUT2D eigenvalue weighted by molar-refractivity contribution is 5.94. The maximum atomic E-state index is 4.90. The second-order valence-corrected chi connectivity index (χ2v) is 9.43. The van der Waals surface area contributed by atoms with E-state index in [1.165, 1.54) is 5.56 Å². The maximum absolute atomic E-state index is 4.90. The average Bonchev–Trinajstić information content (AvgIpc) is 3.71. The normalized spacial score (nSPS) is 11.5. The van der Waals surface area contributed by atoms with Crippen LogP contribution in [0.3, 0.4) is 0 Å². The number of nitrogens with zero attached hydrogens (tertiary/aromatic N) is 7. The topological polar surface area (TPSA) is 126 Å². The van der Waals surface area contributed by atoms with Crippen molar-refractivity contribution >= 4 is 22.1 Å². The molecule has 1 aromatic carbocycles. The van der Waals surface area contributed by atoms with Crippen molar-refractivity contribution < 1.29 is 0 Å². The molecule has 0 fully saturated rings. The number of aryl methyl sites for hydroxylation is 1. The van der Waals surface area contributed by atoms with Gasteiger partial charge in [0.1, 0.15) is 11.2 Å². The molecule has 190 valence electrons. The number of hydrogen-bond donors (Lipinski definition) is 3. The minimum absolute atomic E-state index is 0.617. The van der Waals surface area contributed by atoms with Crippen LogP contribution in [0.15, 0.2) is 86.0 Å². The molecule has 0 amide bonds. The van der Waals surface area contributed by atoms with E-state index in [4.69, 9.17) is 4.98 Å². The molecule has 0 aliphatic heterocycles. The van der Waals surface area contributed by atoms with Crippen LogP contribution < -0.4 is 5.32 Å². The quantitative estimate of drug-likeness (QED) is 0.282. The second kappa shape index (κ2) is 9.58. The number of H-pyrrole nitrogens is 2. The van der Waals surface area contributed by atoms with Gasteiger partial charge in [0, 0.05) is 49.0 Å². The van der Waals surface area contributed by atoms with Crippen molar-refractivity contribution in [3.63, 3.8) is 0 Å². The molecule has 0 unspecified atom stereocenters. The molecule has 0 radical (unpaired) electrons. The Morgan fingerprint density at radius 3 is 2.59 bits per heavy atom. The lowest BCUT2D eigenvalue weighted by atomic mass is 10.1. The van der Waals surface area contributed by atoms with Crippen molar-refractivity contribution in [2.24, 2.45) is 0 Å². The first-order valence-corrected chi connectivity index (χ1v) is 12.6. The number of aromatic amines is 2. The molecule has 0 aliphatic carbocycles. The molecule has 6 heterocycles. The molecule has 10 heteroatoms.